The van der Waals surface area contributed by atoms with Crippen LogP contribution in [0.25, 0.3) is 6.08 Å². The van der Waals surface area contributed by atoms with Gasteiger partial charge in [-0.2, -0.15) is 0 Å². The average molecular weight is 299 g/mol. The zero-order valence-electron chi connectivity index (χ0n) is 9.69. The number of rotatable bonds is 1. The molecule has 1 aliphatic rings. The normalized spacial score (nSPS) is 16.1. The molecule has 88 valence electrons. The predicted molar refractivity (Wildman–Crippen MR) is 76.6 cm³/mol. The van der Waals surface area contributed by atoms with Gasteiger partial charge < -0.3 is 0 Å². The third-order valence-electron chi connectivity index (χ3n) is 3.12. The van der Waals surface area contributed by atoms with Gasteiger partial charge in [-0.05, 0) is 29.3 Å². The van der Waals surface area contributed by atoms with E-state index in [1.165, 1.54) is 0 Å². The standard InChI is InChI=1S/C16H11BrO/c17-14-6-3-4-11(9-14)8-13-10-12-5-1-2-7-15(12)16(13)18/h1-9H,10H2/b13-8+. The van der Waals surface area contributed by atoms with Crippen molar-refractivity contribution < 1.29 is 4.79 Å². The minimum Gasteiger partial charge on any atom is -0.289 e. The molecule has 18 heavy (non-hydrogen) atoms. The molecule has 1 aliphatic carbocycles. The van der Waals surface area contributed by atoms with Gasteiger partial charge in [-0.15, -0.1) is 0 Å². The lowest BCUT2D eigenvalue weighted by molar-refractivity contribution is 0.104. The Balaban J connectivity index is 1.99. The molecule has 2 heteroatoms. The fourth-order valence-electron chi connectivity index (χ4n) is 2.27. The zero-order chi connectivity index (χ0) is 12.5. The van der Waals surface area contributed by atoms with Crippen LogP contribution < -0.4 is 0 Å². The number of allylic oxidation sites excluding steroid dienone is 1. The van der Waals surface area contributed by atoms with Gasteiger partial charge in [0.2, 0.25) is 0 Å². The maximum absolute atomic E-state index is 12.2. The van der Waals surface area contributed by atoms with Crippen LogP contribution in [0.5, 0.6) is 0 Å². The average Bonchev–Trinajstić information content (AvgIpc) is 2.67. The molecule has 0 amide bonds. The summed E-state index contributed by atoms with van der Waals surface area (Å²) in [5.41, 5.74) is 3.90. The van der Waals surface area contributed by atoms with Gasteiger partial charge in [0.25, 0.3) is 0 Å². The van der Waals surface area contributed by atoms with Crippen molar-refractivity contribution in [3.8, 4) is 0 Å². The second kappa shape index (κ2) is 4.54. The summed E-state index contributed by atoms with van der Waals surface area (Å²) in [6.07, 6.45) is 2.72. The lowest BCUT2D eigenvalue weighted by Crippen LogP contribution is -1.94. The molecule has 0 heterocycles. The Kier molecular flexibility index (Phi) is 2.88. The molecule has 0 N–H and O–H groups in total. The van der Waals surface area contributed by atoms with E-state index in [4.69, 9.17) is 0 Å². The first-order valence-corrected chi connectivity index (χ1v) is 6.62. The topological polar surface area (TPSA) is 17.1 Å². The molecule has 0 bridgehead atoms. The number of hydrogen-bond donors (Lipinski definition) is 0. The summed E-state index contributed by atoms with van der Waals surface area (Å²) in [6, 6.07) is 15.8. The van der Waals surface area contributed by atoms with Crippen LogP contribution in [0.4, 0.5) is 0 Å². The molecular formula is C16H11BrO. The second-order valence-electron chi connectivity index (χ2n) is 4.39. The Morgan fingerprint density at radius 3 is 2.67 bits per heavy atom. The molecule has 2 aromatic carbocycles. The zero-order valence-corrected chi connectivity index (χ0v) is 11.3. The maximum atomic E-state index is 12.2. The van der Waals surface area contributed by atoms with Crippen molar-refractivity contribution in [2.75, 3.05) is 0 Å². The molecule has 0 aliphatic heterocycles. The molecular weight excluding hydrogens is 288 g/mol. The van der Waals surface area contributed by atoms with Crippen molar-refractivity contribution in [3.05, 3.63) is 75.3 Å². The van der Waals surface area contributed by atoms with E-state index in [9.17, 15) is 4.79 Å². The highest BCUT2D eigenvalue weighted by Gasteiger charge is 2.23. The van der Waals surface area contributed by atoms with E-state index in [-0.39, 0.29) is 5.78 Å². The molecule has 3 rings (SSSR count). The van der Waals surface area contributed by atoms with Crippen molar-refractivity contribution in [2.24, 2.45) is 0 Å². The summed E-state index contributed by atoms with van der Waals surface area (Å²) in [5, 5.41) is 0. The molecule has 0 saturated heterocycles. The van der Waals surface area contributed by atoms with Crippen molar-refractivity contribution >= 4 is 27.8 Å². The van der Waals surface area contributed by atoms with E-state index in [1.807, 2.05) is 54.6 Å². The third-order valence-corrected chi connectivity index (χ3v) is 3.62. The largest absolute Gasteiger partial charge is 0.289 e. The summed E-state index contributed by atoms with van der Waals surface area (Å²) in [4.78, 5) is 12.2. The first-order valence-electron chi connectivity index (χ1n) is 5.83. The summed E-state index contributed by atoms with van der Waals surface area (Å²) >= 11 is 3.44. The van der Waals surface area contributed by atoms with Crippen molar-refractivity contribution in [1.29, 1.82) is 0 Å². The number of fused-ring (bicyclic) bond motifs is 1. The van der Waals surface area contributed by atoms with Gasteiger partial charge in [-0.25, -0.2) is 0 Å². The first-order chi connectivity index (χ1) is 8.74. The number of ketones is 1. The molecule has 0 spiro atoms. The van der Waals surface area contributed by atoms with E-state index in [0.29, 0.717) is 0 Å². The van der Waals surface area contributed by atoms with Crippen molar-refractivity contribution in [1.82, 2.24) is 0 Å². The summed E-state index contributed by atoms with van der Waals surface area (Å²) in [7, 11) is 0. The number of halogens is 1. The highest BCUT2D eigenvalue weighted by molar-refractivity contribution is 9.10. The van der Waals surface area contributed by atoms with E-state index < -0.39 is 0 Å². The van der Waals surface area contributed by atoms with Crippen molar-refractivity contribution in [3.63, 3.8) is 0 Å². The second-order valence-corrected chi connectivity index (χ2v) is 5.30. The van der Waals surface area contributed by atoms with Gasteiger partial charge in [0.15, 0.2) is 5.78 Å². The minimum absolute atomic E-state index is 0.158. The van der Waals surface area contributed by atoms with Crippen LogP contribution in [0.1, 0.15) is 21.5 Å². The summed E-state index contributed by atoms with van der Waals surface area (Å²) in [6.45, 7) is 0. The Bertz CT molecular complexity index is 656. The Hall–Kier alpha value is -1.67. The lowest BCUT2D eigenvalue weighted by atomic mass is 10.1. The van der Waals surface area contributed by atoms with Gasteiger partial charge in [0.1, 0.15) is 0 Å². The first kappa shape index (κ1) is 11.4. The maximum Gasteiger partial charge on any atom is 0.189 e. The fourth-order valence-corrected chi connectivity index (χ4v) is 2.69. The number of carbonyl (C=O) groups excluding carboxylic acids is 1. The molecule has 0 atom stereocenters. The van der Waals surface area contributed by atoms with E-state index in [0.717, 1.165) is 33.2 Å². The number of Topliss-reactive ketones (excluding diaryl/α,β-unsaturated/α-hetero) is 1. The van der Waals surface area contributed by atoms with Gasteiger partial charge in [-0.3, -0.25) is 4.79 Å². The highest BCUT2D eigenvalue weighted by atomic mass is 79.9. The molecule has 0 saturated carbocycles. The molecule has 0 aromatic heterocycles. The van der Waals surface area contributed by atoms with Crippen LogP contribution in [0.3, 0.4) is 0 Å². The van der Waals surface area contributed by atoms with Gasteiger partial charge in [-0.1, -0.05) is 52.3 Å². The molecule has 2 aromatic rings. The quantitative estimate of drug-likeness (QED) is 0.719. The Morgan fingerprint density at radius 2 is 1.89 bits per heavy atom. The SMILES string of the molecule is O=C1/C(=C/c2cccc(Br)c2)Cc2ccccc21. The highest BCUT2D eigenvalue weighted by Crippen LogP contribution is 2.27. The molecule has 0 radical (unpaired) electrons. The third kappa shape index (κ3) is 2.04. The predicted octanol–water partition coefficient (Wildman–Crippen LogP) is 4.27. The van der Waals surface area contributed by atoms with Gasteiger partial charge in [0, 0.05) is 22.0 Å². The van der Waals surface area contributed by atoms with Gasteiger partial charge >= 0.3 is 0 Å². The van der Waals surface area contributed by atoms with Crippen LogP contribution in [0, 0.1) is 0 Å². The van der Waals surface area contributed by atoms with Gasteiger partial charge in [0.05, 0.1) is 0 Å². The summed E-state index contributed by atoms with van der Waals surface area (Å²) < 4.78 is 1.03. The number of carbonyl (C=O) groups is 1. The minimum atomic E-state index is 0.158. The molecule has 0 fully saturated rings. The summed E-state index contributed by atoms with van der Waals surface area (Å²) in [5.74, 6) is 0.158. The fraction of sp³-hybridized carbons (Fsp3) is 0.0625. The number of benzene rings is 2. The van der Waals surface area contributed by atoms with Crippen LogP contribution in [0.15, 0.2) is 58.6 Å². The monoisotopic (exact) mass is 298 g/mol. The van der Waals surface area contributed by atoms with Crippen molar-refractivity contribution in [2.45, 2.75) is 6.42 Å². The smallest absolute Gasteiger partial charge is 0.189 e. The van der Waals surface area contributed by atoms with Crippen LogP contribution >= 0.6 is 15.9 Å². The molecule has 0 unspecified atom stereocenters. The lowest BCUT2D eigenvalue weighted by Gasteiger charge is -1.97. The van der Waals surface area contributed by atoms with E-state index >= 15 is 0 Å². The van der Waals surface area contributed by atoms with E-state index in [1.54, 1.807) is 0 Å². The van der Waals surface area contributed by atoms with Crippen LogP contribution in [-0.4, -0.2) is 5.78 Å². The number of hydrogen-bond acceptors (Lipinski definition) is 1. The Labute approximate surface area is 114 Å². The van der Waals surface area contributed by atoms with Crippen LogP contribution in [0.2, 0.25) is 0 Å². The van der Waals surface area contributed by atoms with E-state index in [2.05, 4.69) is 15.9 Å². The van der Waals surface area contributed by atoms with Crippen LogP contribution in [-0.2, 0) is 6.42 Å². The molecule has 1 nitrogen and oxygen atoms in total. The Morgan fingerprint density at radius 1 is 1.06 bits per heavy atom.